The third-order valence-corrected chi connectivity index (χ3v) is 5.15. The summed E-state index contributed by atoms with van der Waals surface area (Å²) in [4.78, 5) is 38.0. The first-order valence-corrected chi connectivity index (χ1v) is 10.8. The number of hydrogen-bond donors (Lipinski definition) is 2. The number of likely N-dealkylation sites (N-methyl/N-ethyl adjacent to an activating group) is 1. The largest absolute Gasteiger partial charge is 0.357 e. The van der Waals surface area contributed by atoms with Crippen molar-refractivity contribution in [2.75, 3.05) is 25.9 Å². The van der Waals surface area contributed by atoms with Gasteiger partial charge in [-0.15, -0.1) is 0 Å². The molecule has 0 spiro atoms. The highest BCUT2D eigenvalue weighted by Gasteiger charge is 2.23. The summed E-state index contributed by atoms with van der Waals surface area (Å²) < 4.78 is 0. The van der Waals surface area contributed by atoms with E-state index in [2.05, 4.69) is 24.5 Å². The molecule has 0 saturated heterocycles. The summed E-state index contributed by atoms with van der Waals surface area (Å²) in [6, 6.07) is 9.04. The van der Waals surface area contributed by atoms with Crippen LogP contribution in [0, 0.1) is 5.92 Å². The molecule has 0 heterocycles. The van der Waals surface area contributed by atoms with Crippen molar-refractivity contribution < 1.29 is 14.4 Å². The summed E-state index contributed by atoms with van der Waals surface area (Å²) in [5.74, 6) is 0.810. The molecular weight excluding hydrogens is 374 g/mol. The number of amides is 3. The number of rotatable bonds is 11. The normalized spacial score (nSPS) is 11.8. The van der Waals surface area contributed by atoms with Gasteiger partial charge in [0.25, 0.3) is 0 Å². The zero-order valence-electron chi connectivity index (χ0n) is 17.4. The Labute approximate surface area is 172 Å². The molecule has 2 N–H and O–H groups in total. The van der Waals surface area contributed by atoms with Crippen molar-refractivity contribution in [2.24, 2.45) is 5.92 Å². The third kappa shape index (κ3) is 9.78. The quantitative estimate of drug-likeness (QED) is 0.591. The van der Waals surface area contributed by atoms with E-state index in [-0.39, 0.29) is 17.1 Å². The van der Waals surface area contributed by atoms with Gasteiger partial charge in [0.05, 0.1) is 0 Å². The molecule has 1 atom stereocenters. The number of carbonyl (C=O) groups is 3. The number of aryl methyl sites for hydroxylation is 1. The molecule has 1 aromatic carbocycles. The molecule has 0 radical (unpaired) electrons. The first kappa shape index (κ1) is 24.0. The van der Waals surface area contributed by atoms with Crippen molar-refractivity contribution in [1.29, 1.82) is 0 Å². The Kier molecular flexibility index (Phi) is 11.3. The van der Waals surface area contributed by atoms with Gasteiger partial charge in [-0.05, 0) is 30.7 Å². The molecule has 0 saturated carbocycles. The zero-order chi connectivity index (χ0) is 20.9. The van der Waals surface area contributed by atoms with Gasteiger partial charge in [-0.1, -0.05) is 55.9 Å². The van der Waals surface area contributed by atoms with E-state index in [1.807, 2.05) is 30.3 Å². The van der Waals surface area contributed by atoms with Crippen molar-refractivity contribution >= 4 is 28.8 Å². The van der Waals surface area contributed by atoms with E-state index in [0.29, 0.717) is 37.6 Å². The first-order valence-electron chi connectivity index (χ1n) is 9.77. The maximum atomic E-state index is 12.8. The molecule has 1 rings (SSSR count). The standard InChI is InChI=1S/C21H33N3O3S/c1-16(2)12-13-24(14-15-28-17(3)25)21(27)23-19(20(26)22-4)11-10-18-8-6-5-7-9-18/h5-9,16,19H,10-15H2,1-4H3,(H,22,26)(H,23,27). The summed E-state index contributed by atoms with van der Waals surface area (Å²) in [6.45, 7) is 6.80. The Balaban J connectivity index is 2.72. The van der Waals surface area contributed by atoms with Crippen LogP contribution < -0.4 is 10.6 Å². The predicted octanol–water partition coefficient (Wildman–Crippen LogP) is 3.07. The van der Waals surface area contributed by atoms with Gasteiger partial charge in [0.1, 0.15) is 6.04 Å². The molecule has 28 heavy (non-hydrogen) atoms. The predicted molar refractivity (Wildman–Crippen MR) is 115 cm³/mol. The van der Waals surface area contributed by atoms with Gasteiger partial charge in [-0.2, -0.15) is 0 Å². The number of thioether (sulfide) groups is 1. The van der Waals surface area contributed by atoms with E-state index in [1.54, 1.807) is 11.9 Å². The fraction of sp³-hybridized carbons (Fsp3) is 0.571. The molecule has 0 aromatic heterocycles. The number of benzene rings is 1. The van der Waals surface area contributed by atoms with Crippen LogP contribution in [0.4, 0.5) is 4.79 Å². The van der Waals surface area contributed by atoms with Gasteiger partial charge < -0.3 is 15.5 Å². The van der Waals surface area contributed by atoms with Crippen molar-refractivity contribution in [1.82, 2.24) is 15.5 Å². The Hall–Kier alpha value is -2.02. The van der Waals surface area contributed by atoms with Gasteiger partial charge in [0.2, 0.25) is 5.91 Å². The minimum atomic E-state index is -0.597. The van der Waals surface area contributed by atoms with Crippen LogP contribution in [-0.2, 0) is 16.0 Å². The lowest BCUT2D eigenvalue weighted by molar-refractivity contribution is -0.122. The lowest BCUT2D eigenvalue weighted by Gasteiger charge is -2.26. The fourth-order valence-electron chi connectivity index (χ4n) is 2.67. The van der Waals surface area contributed by atoms with Gasteiger partial charge in [0, 0.05) is 32.8 Å². The number of urea groups is 1. The topological polar surface area (TPSA) is 78.5 Å². The highest BCUT2D eigenvalue weighted by molar-refractivity contribution is 8.13. The maximum Gasteiger partial charge on any atom is 0.318 e. The number of carbonyl (C=O) groups excluding carboxylic acids is 3. The molecule has 3 amide bonds. The number of nitrogens with zero attached hydrogens (tertiary/aromatic N) is 1. The van der Waals surface area contributed by atoms with Crippen LogP contribution >= 0.6 is 11.8 Å². The van der Waals surface area contributed by atoms with Crippen molar-refractivity contribution in [3.63, 3.8) is 0 Å². The Morgan fingerprint density at radius 1 is 1.07 bits per heavy atom. The fourth-order valence-corrected chi connectivity index (χ4v) is 3.27. The average molecular weight is 408 g/mol. The average Bonchev–Trinajstić information content (AvgIpc) is 2.67. The molecular formula is C21H33N3O3S. The van der Waals surface area contributed by atoms with Crippen molar-refractivity contribution in [3.05, 3.63) is 35.9 Å². The van der Waals surface area contributed by atoms with Crippen LogP contribution in [0.25, 0.3) is 0 Å². The number of nitrogens with one attached hydrogen (secondary N) is 2. The SMILES string of the molecule is CNC(=O)C(CCc1ccccc1)NC(=O)N(CCSC(C)=O)CCC(C)C. The van der Waals surface area contributed by atoms with E-state index in [0.717, 1.165) is 12.0 Å². The smallest absolute Gasteiger partial charge is 0.318 e. The molecule has 0 bridgehead atoms. The summed E-state index contributed by atoms with van der Waals surface area (Å²) >= 11 is 1.21. The third-order valence-electron chi connectivity index (χ3n) is 4.36. The van der Waals surface area contributed by atoms with Gasteiger partial charge in [-0.3, -0.25) is 9.59 Å². The van der Waals surface area contributed by atoms with Gasteiger partial charge in [-0.25, -0.2) is 4.79 Å². The maximum absolute atomic E-state index is 12.8. The highest BCUT2D eigenvalue weighted by Crippen LogP contribution is 2.09. The van der Waals surface area contributed by atoms with Crippen molar-refractivity contribution in [2.45, 2.75) is 46.1 Å². The molecule has 0 aliphatic carbocycles. The second kappa shape index (κ2) is 13.2. The Bertz CT molecular complexity index is 623. The van der Waals surface area contributed by atoms with Crippen LogP contribution in [-0.4, -0.2) is 53.9 Å². The molecule has 0 aliphatic rings. The monoisotopic (exact) mass is 407 g/mol. The van der Waals surface area contributed by atoms with E-state index in [4.69, 9.17) is 0 Å². The second-order valence-electron chi connectivity index (χ2n) is 7.15. The molecule has 0 fully saturated rings. The second-order valence-corrected chi connectivity index (χ2v) is 8.42. The number of hydrogen-bond acceptors (Lipinski definition) is 4. The highest BCUT2D eigenvalue weighted by atomic mass is 32.2. The van der Waals surface area contributed by atoms with Gasteiger partial charge in [0.15, 0.2) is 5.12 Å². The molecule has 1 unspecified atom stereocenters. The van der Waals surface area contributed by atoms with Crippen LogP contribution in [0.15, 0.2) is 30.3 Å². The summed E-state index contributed by atoms with van der Waals surface area (Å²) in [5.41, 5.74) is 1.13. The Morgan fingerprint density at radius 3 is 2.32 bits per heavy atom. The van der Waals surface area contributed by atoms with E-state index < -0.39 is 6.04 Å². The first-order chi connectivity index (χ1) is 13.3. The molecule has 7 heteroatoms. The zero-order valence-corrected chi connectivity index (χ0v) is 18.2. The van der Waals surface area contributed by atoms with E-state index in [9.17, 15) is 14.4 Å². The lowest BCUT2D eigenvalue weighted by atomic mass is 10.0. The lowest BCUT2D eigenvalue weighted by Crippen LogP contribution is -2.51. The van der Waals surface area contributed by atoms with Crippen LogP contribution in [0.5, 0.6) is 0 Å². The summed E-state index contributed by atoms with van der Waals surface area (Å²) in [5, 5.41) is 5.55. The summed E-state index contributed by atoms with van der Waals surface area (Å²) in [6.07, 6.45) is 2.09. The van der Waals surface area contributed by atoms with E-state index >= 15 is 0 Å². The van der Waals surface area contributed by atoms with Crippen molar-refractivity contribution in [3.8, 4) is 0 Å². The molecule has 0 aliphatic heterocycles. The van der Waals surface area contributed by atoms with E-state index in [1.165, 1.54) is 18.7 Å². The minimum absolute atomic E-state index is 0.0373. The van der Waals surface area contributed by atoms with Crippen LogP contribution in [0.1, 0.15) is 39.2 Å². The molecule has 1 aromatic rings. The Morgan fingerprint density at radius 2 is 1.75 bits per heavy atom. The molecule has 156 valence electrons. The summed E-state index contributed by atoms with van der Waals surface area (Å²) in [7, 11) is 1.57. The molecule has 6 nitrogen and oxygen atoms in total. The van der Waals surface area contributed by atoms with Crippen LogP contribution in [0.2, 0.25) is 0 Å². The van der Waals surface area contributed by atoms with Gasteiger partial charge >= 0.3 is 6.03 Å². The van der Waals surface area contributed by atoms with Crippen LogP contribution in [0.3, 0.4) is 0 Å². The minimum Gasteiger partial charge on any atom is -0.357 e.